The molecule has 3 atom stereocenters. The average molecular weight is 311 g/mol. The van der Waals surface area contributed by atoms with Gasteiger partial charge in [0.2, 0.25) is 0 Å². The van der Waals surface area contributed by atoms with Crippen LogP contribution in [0.25, 0.3) is 0 Å². The summed E-state index contributed by atoms with van der Waals surface area (Å²) < 4.78 is 5.74. The lowest BCUT2D eigenvalue weighted by atomic mass is 9.78. The molecule has 1 saturated carbocycles. The molecule has 4 heteroatoms. The number of halogens is 1. The third kappa shape index (κ3) is 3.71. The molecule has 2 fully saturated rings. The molecule has 2 aliphatic rings. The second kappa shape index (κ2) is 7.48. The number of hydrogen-bond acceptors (Lipinski definition) is 3. The van der Waals surface area contributed by atoms with Crippen molar-refractivity contribution in [3.05, 3.63) is 29.8 Å². The summed E-state index contributed by atoms with van der Waals surface area (Å²) in [6.45, 7) is 6.13. The smallest absolute Gasteiger partial charge is 0.123 e. The minimum atomic E-state index is 0. The maximum Gasteiger partial charge on any atom is 0.123 e. The van der Waals surface area contributed by atoms with Gasteiger partial charge < -0.3 is 10.5 Å². The highest BCUT2D eigenvalue weighted by Crippen LogP contribution is 2.36. The van der Waals surface area contributed by atoms with Crippen molar-refractivity contribution in [2.75, 3.05) is 19.7 Å². The van der Waals surface area contributed by atoms with Crippen LogP contribution < -0.4 is 10.5 Å². The molecule has 0 aromatic heterocycles. The Balaban J connectivity index is 0.00000161. The molecule has 21 heavy (non-hydrogen) atoms. The lowest BCUT2D eigenvalue weighted by molar-refractivity contribution is 0.259. The number of nitrogens with two attached hydrogens (primary N) is 1. The molecule has 3 nitrogen and oxygen atoms in total. The predicted octanol–water partition coefficient (Wildman–Crippen LogP) is 3.07. The second-order valence-corrected chi connectivity index (χ2v) is 6.25. The van der Waals surface area contributed by atoms with E-state index in [1.807, 2.05) is 13.0 Å². The van der Waals surface area contributed by atoms with Crippen molar-refractivity contribution in [3.63, 3.8) is 0 Å². The second-order valence-electron chi connectivity index (χ2n) is 6.25. The van der Waals surface area contributed by atoms with E-state index < -0.39 is 0 Å². The van der Waals surface area contributed by atoms with Gasteiger partial charge in [-0.2, -0.15) is 0 Å². The van der Waals surface area contributed by atoms with E-state index in [-0.39, 0.29) is 12.4 Å². The largest absolute Gasteiger partial charge is 0.494 e. The SMILES string of the molecule is CCOc1ccccc1CN1CC2CCCC(N)C2C1.Cl. The highest BCUT2D eigenvalue weighted by molar-refractivity contribution is 5.85. The first-order chi connectivity index (χ1) is 9.78. The molecule has 0 amide bonds. The summed E-state index contributed by atoms with van der Waals surface area (Å²) in [5.41, 5.74) is 7.61. The Morgan fingerprint density at radius 3 is 2.81 bits per heavy atom. The first kappa shape index (κ1) is 16.6. The zero-order valence-corrected chi connectivity index (χ0v) is 13.6. The Labute approximate surface area is 134 Å². The third-order valence-corrected chi connectivity index (χ3v) is 4.90. The number of nitrogens with zero attached hydrogens (tertiary/aromatic N) is 1. The molecule has 0 bridgehead atoms. The molecule has 1 aliphatic heterocycles. The van der Waals surface area contributed by atoms with Crippen LogP contribution in [-0.4, -0.2) is 30.6 Å². The molecule has 3 unspecified atom stereocenters. The quantitative estimate of drug-likeness (QED) is 0.929. The van der Waals surface area contributed by atoms with Gasteiger partial charge in [0.05, 0.1) is 6.61 Å². The van der Waals surface area contributed by atoms with E-state index in [0.29, 0.717) is 12.0 Å². The molecule has 0 spiro atoms. The van der Waals surface area contributed by atoms with Crippen molar-refractivity contribution < 1.29 is 4.74 Å². The van der Waals surface area contributed by atoms with Crippen LogP contribution in [0.2, 0.25) is 0 Å². The van der Waals surface area contributed by atoms with Gasteiger partial charge in [0.1, 0.15) is 5.75 Å². The monoisotopic (exact) mass is 310 g/mol. The molecule has 2 N–H and O–H groups in total. The number of ether oxygens (including phenoxy) is 1. The van der Waals surface area contributed by atoms with Gasteiger partial charge >= 0.3 is 0 Å². The molecule has 1 aliphatic carbocycles. The summed E-state index contributed by atoms with van der Waals surface area (Å²) in [6.07, 6.45) is 3.89. The van der Waals surface area contributed by atoms with Crippen LogP contribution in [0.15, 0.2) is 24.3 Å². The number of fused-ring (bicyclic) bond motifs is 1. The number of benzene rings is 1. The van der Waals surface area contributed by atoms with Gasteiger partial charge in [0.15, 0.2) is 0 Å². The van der Waals surface area contributed by atoms with Crippen LogP contribution in [-0.2, 0) is 6.54 Å². The van der Waals surface area contributed by atoms with Crippen LogP contribution in [0.5, 0.6) is 5.75 Å². The minimum Gasteiger partial charge on any atom is -0.494 e. The molecule has 1 aromatic carbocycles. The Morgan fingerprint density at radius 1 is 1.24 bits per heavy atom. The Kier molecular flexibility index (Phi) is 5.91. The van der Waals surface area contributed by atoms with Crippen LogP contribution >= 0.6 is 12.4 Å². The van der Waals surface area contributed by atoms with Gasteiger partial charge in [-0.1, -0.05) is 24.6 Å². The van der Waals surface area contributed by atoms with E-state index >= 15 is 0 Å². The number of para-hydroxylation sites is 1. The summed E-state index contributed by atoms with van der Waals surface area (Å²) in [5, 5.41) is 0. The molecule has 1 aromatic rings. The van der Waals surface area contributed by atoms with Crippen LogP contribution in [0.4, 0.5) is 0 Å². The van der Waals surface area contributed by atoms with E-state index in [1.165, 1.54) is 31.4 Å². The molecule has 3 rings (SSSR count). The normalized spacial score (nSPS) is 28.8. The number of likely N-dealkylation sites (tertiary alicyclic amines) is 1. The fourth-order valence-corrected chi connectivity index (χ4v) is 3.91. The average Bonchev–Trinajstić information content (AvgIpc) is 2.85. The van der Waals surface area contributed by atoms with Crippen molar-refractivity contribution in [2.45, 2.75) is 38.8 Å². The molecular formula is C17H27ClN2O. The van der Waals surface area contributed by atoms with Crippen LogP contribution in [0, 0.1) is 11.8 Å². The van der Waals surface area contributed by atoms with Crippen molar-refractivity contribution in [1.29, 1.82) is 0 Å². The van der Waals surface area contributed by atoms with Gasteiger partial charge in [-0.05, 0) is 37.7 Å². The van der Waals surface area contributed by atoms with E-state index in [1.54, 1.807) is 0 Å². The van der Waals surface area contributed by atoms with Crippen LogP contribution in [0.1, 0.15) is 31.7 Å². The maximum absolute atomic E-state index is 6.30. The van der Waals surface area contributed by atoms with Crippen molar-refractivity contribution in [1.82, 2.24) is 4.90 Å². The van der Waals surface area contributed by atoms with Gasteiger partial charge in [0.25, 0.3) is 0 Å². The highest BCUT2D eigenvalue weighted by atomic mass is 35.5. The summed E-state index contributed by atoms with van der Waals surface area (Å²) >= 11 is 0. The maximum atomic E-state index is 6.30. The van der Waals surface area contributed by atoms with E-state index in [0.717, 1.165) is 31.4 Å². The first-order valence-corrected chi connectivity index (χ1v) is 7.96. The first-order valence-electron chi connectivity index (χ1n) is 7.96. The van der Waals surface area contributed by atoms with E-state index in [2.05, 4.69) is 23.1 Å². The van der Waals surface area contributed by atoms with E-state index in [9.17, 15) is 0 Å². The zero-order valence-electron chi connectivity index (χ0n) is 12.8. The van der Waals surface area contributed by atoms with Crippen molar-refractivity contribution in [2.24, 2.45) is 17.6 Å². The van der Waals surface area contributed by atoms with Gasteiger partial charge in [-0.25, -0.2) is 0 Å². The molecule has 0 radical (unpaired) electrons. The van der Waals surface area contributed by atoms with Crippen molar-refractivity contribution in [3.8, 4) is 5.75 Å². The predicted molar refractivity (Wildman–Crippen MR) is 88.9 cm³/mol. The Hall–Kier alpha value is -0.770. The highest BCUT2D eigenvalue weighted by Gasteiger charge is 2.38. The topological polar surface area (TPSA) is 38.5 Å². The van der Waals surface area contributed by atoms with Crippen LogP contribution in [0.3, 0.4) is 0 Å². The van der Waals surface area contributed by atoms with Crippen molar-refractivity contribution >= 4 is 12.4 Å². The summed E-state index contributed by atoms with van der Waals surface area (Å²) in [4.78, 5) is 2.57. The summed E-state index contributed by atoms with van der Waals surface area (Å²) in [5.74, 6) is 2.56. The number of rotatable bonds is 4. The van der Waals surface area contributed by atoms with Gasteiger partial charge in [0, 0.05) is 31.2 Å². The molecule has 118 valence electrons. The minimum absolute atomic E-state index is 0. The molecular weight excluding hydrogens is 284 g/mol. The fraction of sp³-hybridized carbons (Fsp3) is 0.647. The summed E-state index contributed by atoms with van der Waals surface area (Å²) in [6, 6.07) is 8.84. The van der Waals surface area contributed by atoms with Gasteiger partial charge in [-0.3, -0.25) is 4.90 Å². The Bertz CT molecular complexity index is 454. The Morgan fingerprint density at radius 2 is 2.05 bits per heavy atom. The third-order valence-electron chi connectivity index (χ3n) is 4.90. The fourth-order valence-electron chi connectivity index (χ4n) is 3.91. The zero-order chi connectivity index (χ0) is 13.9. The van der Waals surface area contributed by atoms with Gasteiger partial charge in [-0.15, -0.1) is 12.4 Å². The molecule has 1 heterocycles. The number of hydrogen-bond donors (Lipinski definition) is 1. The standard InChI is InChI=1S/C17H26N2O.ClH/c1-2-20-17-9-4-3-6-14(17)11-19-10-13-7-5-8-16(18)15(13)12-19;/h3-4,6,9,13,15-16H,2,5,7-8,10-12,18H2,1H3;1H. The molecule has 1 saturated heterocycles. The lowest BCUT2D eigenvalue weighted by Gasteiger charge is -2.29. The summed E-state index contributed by atoms with van der Waals surface area (Å²) in [7, 11) is 0. The van der Waals surface area contributed by atoms with E-state index in [4.69, 9.17) is 10.5 Å². The lowest BCUT2D eigenvalue weighted by Crippen LogP contribution is -2.38.